The lowest BCUT2D eigenvalue weighted by Crippen LogP contribution is -2.37. The average Bonchev–Trinajstić information content (AvgIpc) is 2.64. The molecular formula is C21H20BrN2O3+. The summed E-state index contributed by atoms with van der Waals surface area (Å²) < 4.78 is 1.85. The number of non-ortho nitro benzene ring substituents is 1. The molecule has 1 heterocycles. The summed E-state index contributed by atoms with van der Waals surface area (Å²) in [5.74, 6) is 0.0677. The number of Topliss-reactive ketones (excluding diaryl/α,β-unsaturated/α-hetero) is 1. The van der Waals surface area contributed by atoms with E-state index in [-0.39, 0.29) is 28.5 Å². The van der Waals surface area contributed by atoms with E-state index in [2.05, 4.69) is 0 Å². The minimum Gasteiger partial charge on any atom is -0.287 e. The minimum atomic E-state index is -0.403. The number of hydrogen-bond donors (Lipinski definition) is 0. The van der Waals surface area contributed by atoms with E-state index in [0.717, 1.165) is 16.7 Å². The van der Waals surface area contributed by atoms with Gasteiger partial charge in [0.2, 0.25) is 12.3 Å². The fourth-order valence-electron chi connectivity index (χ4n) is 2.68. The largest absolute Gasteiger partial charge is 0.287 e. The molecular weight excluding hydrogens is 408 g/mol. The molecule has 138 valence electrons. The number of halogens is 1. The van der Waals surface area contributed by atoms with Crippen LogP contribution in [0.3, 0.4) is 0 Å². The maximum atomic E-state index is 12.3. The van der Waals surface area contributed by atoms with Crippen molar-refractivity contribution in [2.75, 3.05) is 0 Å². The quantitative estimate of drug-likeness (QED) is 0.255. The van der Waals surface area contributed by atoms with E-state index in [1.54, 1.807) is 12.1 Å². The van der Waals surface area contributed by atoms with Crippen molar-refractivity contribution in [2.45, 2.75) is 19.9 Å². The van der Waals surface area contributed by atoms with Crippen molar-refractivity contribution in [1.29, 1.82) is 0 Å². The maximum Gasteiger partial charge on any atom is 0.269 e. The summed E-state index contributed by atoms with van der Waals surface area (Å²) in [6.45, 7) is 2.29. The van der Waals surface area contributed by atoms with Gasteiger partial charge in [0.25, 0.3) is 5.69 Å². The van der Waals surface area contributed by atoms with Crippen molar-refractivity contribution >= 4 is 28.5 Å². The van der Waals surface area contributed by atoms with E-state index in [1.807, 2.05) is 60.3 Å². The topological polar surface area (TPSA) is 64.1 Å². The summed E-state index contributed by atoms with van der Waals surface area (Å²) in [5, 5.41) is 10.7. The number of hydrogen-bond acceptors (Lipinski definition) is 3. The Bertz CT molecular complexity index is 921. The molecule has 0 bridgehead atoms. The number of benzene rings is 2. The van der Waals surface area contributed by atoms with E-state index >= 15 is 0 Å². The zero-order chi connectivity index (χ0) is 18.5. The summed E-state index contributed by atoms with van der Waals surface area (Å²) in [6, 6.07) is 18.0. The zero-order valence-corrected chi connectivity index (χ0v) is 16.6. The first kappa shape index (κ1) is 20.5. The van der Waals surface area contributed by atoms with Gasteiger partial charge in [-0.2, -0.15) is 4.57 Å². The van der Waals surface area contributed by atoms with Gasteiger partial charge in [-0.05, 0) is 24.5 Å². The van der Waals surface area contributed by atoms with Crippen LogP contribution in [0.2, 0.25) is 0 Å². The number of carbonyl (C=O) groups excluding carboxylic acids is 1. The lowest BCUT2D eigenvalue weighted by Gasteiger charge is -2.02. The molecule has 0 spiro atoms. The van der Waals surface area contributed by atoms with Crippen molar-refractivity contribution in [3.63, 3.8) is 0 Å². The first-order valence-electron chi connectivity index (χ1n) is 8.32. The molecule has 3 rings (SSSR count). The van der Waals surface area contributed by atoms with Gasteiger partial charge in [0, 0.05) is 29.8 Å². The monoisotopic (exact) mass is 427 g/mol. The normalized spacial score (nSPS) is 10.1. The molecule has 0 atom stereocenters. The standard InChI is InChI=1S/C21H19N2O3.BrH/c1-16-2-6-19(7-3-16)21(24)15-22-12-10-18(11-13-22)14-17-4-8-20(9-5-17)23(25)26;/h2-13H,14-15H2,1H3;1H/q+1;. The predicted octanol–water partition coefficient (Wildman–Crippen LogP) is 4.24. The molecule has 0 amide bonds. The average molecular weight is 428 g/mol. The van der Waals surface area contributed by atoms with Crippen molar-refractivity contribution in [2.24, 2.45) is 0 Å². The van der Waals surface area contributed by atoms with Gasteiger partial charge in [-0.1, -0.05) is 42.0 Å². The van der Waals surface area contributed by atoms with Crippen LogP contribution in [-0.4, -0.2) is 10.7 Å². The number of nitro groups is 1. The van der Waals surface area contributed by atoms with Gasteiger partial charge in [-0.15, -0.1) is 17.0 Å². The van der Waals surface area contributed by atoms with Crippen LogP contribution >= 0.6 is 17.0 Å². The third-order valence-electron chi connectivity index (χ3n) is 4.22. The van der Waals surface area contributed by atoms with Crippen LogP contribution in [-0.2, 0) is 13.0 Å². The van der Waals surface area contributed by atoms with E-state index in [1.165, 1.54) is 12.1 Å². The number of carbonyl (C=O) groups is 1. The Morgan fingerprint density at radius 2 is 1.48 bits per heavy atom. The molecule has 0 aliphatic carbocycles. The summed E-state index contributed by atoms with van der Waals surface area (Å²) in [5.41, 5.74) is 4.01. The van der Waals surface area contributed by atoms with Crippen LogP contribution in [0.4, 0.5) is 5.69 Å². The van der Waals surface area contributed by atoms with Crippen LogP contribution in [0.25, 0.3) is 0 Å². The van der Waals surface area contributed by atoms with Gasteiger partial charge in [0.1, 0.15) is 0 Å². The van der Waals surface area contributed by atoms with E-state index in [0.29, 0.717) is 18.5 Å². The highest BCUT2D eigenvalue weighted by molar-refractivity contribution is 8.93. The van der Waals surface area contributed by atoms with Crippen molar-refractivity contribution < 1.29 is 14.3 Å². The third kappa shape index (κ3) is 5.56. The lowest BCUT2D eigenvalue weighted by molar-refractivity contribution is -0.683. The molecule has 5 nitrogen and oxygen atoms in total. The summed E-state index contributed by atoms with van der Waals surface area (Å²) in [7, 11) is 0. The Hall–Kier alpha value is -2.86. The number of pyridine rings is 1. The van der Waals surface area contributed by atoms with Gasteiger partial charge in [0.15, 0.2) is 12.4 Å². The molecule has 27 heavy (non-hydrogen) atoms. The SMILES string of the molecule is Br.Cc1ccc(C(=O)C[n+]2ccc(Cc3ccc([N+](=O)[O-])cc3)cc2)cc1. The molecule has 2 aromatic carbocycles. The van der Waals surface area contributed by atoms with Crippen LogP contribution in [0.1, 0.15) is 27.0 Å². The number of rotatable bonds is 6. The Morgan fingerprint density at radius 3 is 2.04 bits per heavy atom. The fraction of sp³-hybridized carbons (Fsp3) is 0.143. The van der Waals surface area contributed by atoms with Gasteiger partial charge >= 0.3 is 0 Å². The predicted molar refractivity (Wildman–Crippen MR) is 108 cm³/mol. The summed E-state index contributed by atoms with van der Waals surface area (Å²) >= 11 is 0. The number of aryl methyl sites for hydroxylation is 1. The zero-order valence-electron chi connectivity index (χ0n) is 14.9. The van der Waals surface area contributed by atoms with Gasteiger partial charge in [-0.25, -0.2) is 0 Å². The fourth-order valence-corrected chi connectivity index (χ4v) is 2.68. The number of ketones is 1. The van der Waals surface area contributed by atoms with Crippen molar-refractivity contribution in [1.82, 2.24) is 0 Å². The van der Waals surface area contributed by atoms with Crippen LogP contribution in [0.15, 0.2) is 73.1 Å². The van der Waals surface area contributed by atoms with Crippen LogP contribution < -0.4 is 4.57 Å². The Morgan fingerprint density at radius 1 is 0.926 bits per heavy atom. The van der Waals surface area contributed by atoms with E-state index in [9.17, 15) is 14.9 Å². The van der Waals surface area contributed by atoms with Gasteiger partial charge in [-0.3, -0.25) is 14.9 Å². The molecule has 0 saturated carbocycles. The molecule has 0 unspecified atom stereocenters. The first-order chi connectivity index (χ1) is 12.5. The highest BCUT2D eigenvalue weighted by Crippen LogP contribution is 2.14. The lowest BCUT2D eigenvalue weighted by atomic mass is 10.1. The van der Waals surface area contributed by atoms with Crippen molar-refractivity contribution in [3.05, 3.63) is 105 Å². The smallest absolute Gasteiger partial charge is 0.269 e. The Balaban J connectivity index is 0.00000261. The first-order valence-corrected chi connectivity index (χ1v) is 8.32. The molecule has 0 aliphatic heterocycles. The minimum absolute atomic E-state index is 0. The molecule has 0 N–H and O–H groups in total. The Kier molecular flexibility index (Phi) is 6.96. The number of nitro benzene ring substituents is 1. The molecule has 6 heteroatoms. The summed E-state index contributed by atoms with van der Waals surface area (Å²) in [6.07, 6.45) is 4.45. The van der Waals surface area contributed by atoms with Crippen LogP contribution in [0.5, 0.6) is 0 Å². The Labute approximate surface area is 168 Å². The second kappa shape index (κ2) is 9.19. The molecule has 0 radical (unpaired) electrons. The number of nitrogens with zero attached hydrogens (tertiary/aromatic N) is 2. The van der Waals surface area contributed by atoms with E-state index in [4.69, 9.17) is 0 Å². The number of aromatic nitrogens is 1. The highest BCUT2D eigenvalue weighted by atomic mass is 79.9. The van der Waals surface area contributed by atoms with Crippen molar-refractivity contribution in [3.8, 4) is 0 Å². The molecule has 3 aromatic rings. The second-order valence-corrected chi connectivity index (χ2v) is 6.27. The van der Waals surface area contributed by atoms with E-state index < -0.39 is 4.92 Å². The third-order valence-corrected chi connectivity index (χ3v) is 4.22. The molecule has 0 aliphatic rings. The highest BCUT2D eigenvalue weighted by Gasteiger charge is 2.12. The molecule has 1 aromatic heterocycles. The van der Waals surface area contributed by atoms with Gasteiger partial charge < -0.3 is 0 Å². The van der Waals surface area contributed by atoms with Gasteiger partial charge in [0.05, 0.1) is 4.92 Å². The molecule has 0 saturated heterocycles. The maximum absolute atomic E-state index is 12.3. The second-order valence-electron chi connectivity index (χ2n) is 6.27. The van der Waals surface area contributed by atoms with Crippen LogP contribution in [0, 0.1) is 17.0 Å². The molecule has 0 fully saturated rings. The summed E-state index contributed by atoms with van der Waals surface area (Å²) in [4.78, 5) is 22.6.